The summed E-state index contributed by atoms with van der Waals surface area (Å²) in [6.07, 6.45) is -4.44. The third-order valence-electron chi connectivity index (χ3n) is 2.71. The maximum Gasteiger partial charge on any atom is 0.433 e. The predicted octanol–water partition coefficient (Wildman–Crippen LogP) is -0.00190. The van der Waals surface area contributed by atoms with Gasteiger partial charge in [-0.2, -0.15) is 18.2 Å². The molecule has 1 saturated heterocycles. The zero-order valence-electron chi connectivity index (χ0n) is 10.5. The van der Waals surface area contributed by atoms with Crippen molar-refractivity contribution in [2.75, 3.05) is 10.7 Å². The molecule has 1 aliphatic rings. The van der Waals surface area contributed by atoms with Crippen LogP contribution in [-0.4, -0.2) is 27.8 Å². The topological polar surface area (TPSA) is 122 Å². The van der Waals surface area contributed by atoms with Gasteiger partial charge in [0.2, 0.25) is 17.8 Å². The Bertz CT molecular complexity index is 576. The van der Waals surface area contributed by atoms with E-state index in [9.17, 15) is 22.8 Å². The number of halogens is 3. The number of anilines is 2. The zero-order chi connectivity index (χ0) is 15.6. The molecular formula is C10H11F3N6O2. The van der Waals surface area contributed by atoms with Crippen LogP contribution in [-0.2, 0) is 15.8 Å². The fourth-order valence-corrected chi connectivity index (χ4v) is 1.74. The second-order valence-electron chi connectivity index (χ2n) is 4.25. The van der Waals surface area contributed by atoms with Crippen molar-refractivity contribution < 1.29 is 22.8 Å². The number of aromatic nitrogens is 2. The molecule has 1 aromatic heterocycles. The predicted molar refractivity (Wildman–Crippen MR) is 64.6 cm³/mol. The third kappa shape index (κ3) is 3.56. The Hall–Kier alpha value is -2.43. The van der Waals surface area contributed by atoms with Gasteiger partial charge in [-0.25, -0.2) is 10.8 Å². The monoisotopic (exact) mass is 304 g/mol. The maximum atomic E-state index is 12.7. The molecule has 1 aliphatic heterocycles. The summed E-state index contributed by atoms with van der Waals surface area (Å²) in [5.74, 6) is 3.29. The molecule has 0 radical (unpaired) electrons. The second-order valence-corrected chi connectivity index (χ2v) is 4.25. The molecule has 1 aromatic rings. The summed E-state index contributed by atoms with van der Waals surface area (Å²) in [7, 11) is 0. The van der Waals surface area contributed by atoms with Crippen LogP contribution in [0.25, 0.3) is 0 Å². The minimum Gasteiger partial charge on any atom is -0.358 e. The number of nitrogens with two attached hydrogens (primary N) is 1. The normalized spacial score (nSPS) is 19.1. The largest absolute Gasteiger partial charge is 0.433 e. The van der Waals surface area contributed by atoms with Gasteiger partial charge in [0.25, 0.3) is 0 Å². The minimum absolute atomic E-state index is 0.0859. The summed E-state index contributed by atoms with van der Waals surface area (Å²) in [6, 6.07) is -0.200. The van der Waals surface area contributed by atoms with Crippen molar-refractivity contribution in [1.82, 2.24) is 15.3 Å². The highest BCUT2D eigenvalue weighted by molar-refractivity contribution is 6.01. The molecule has 5 N–H and O–H groups in total. The zero-order valence-corrected chi connectivity index (χ0v) is 10.5. The first kappa shape index (κ1) is 15.0. The Kier molecular flexibility index (Phi) is 3.93. The van der Waals surface area contributed by atoms with E-state index >= 15 is 0 Å². The summed E-state index contributed by atoms with van der Waals surface area (Å²) in [6.45, 7) is 0. The summed E-state index contributed by atoms with van der Waals surface area (Å²) < 4.78 is 38.0. The van der Waals surface area contributed by atoms with Gasteiger partial charge >= 0.3 is 6.18 Å². The van der Waals surface area contributed by atoms with Crippen LogP contribution in [0.15, 0.2) is 6.07 Å². The Morgan fingerprint density at radius 1 is 1.33 bits per heavy atom. The van der Waals surface area contributed by atoms with Crippen LogP contribution < -0.4 is 21.9 Å². The average Bonchev–Trinajstić information content (AvgIpc) is 2.40. The van der Waals surface area contributed by atoms with Crippen molar-refractivity contribution >= 4 is 23.6 Å². The molecule has 0 aromatic carbocycles. The number of rotatable bonds is 3. The average molecular weight is 304 g/mol. The van der Waals surface area contributed by atoms with Gasteiger partial charge in [-0.1, -0.05) is 0 Å². The lowest BCUT2D eigenvalue weighted by molar-refractivity contribution is -0.141. The highest BCUT2D eigenvalue weighted by Crippen LogP contribution is 2.29. The van der Waals surface area contributed by atoms with Gasteiger partial charge < -0.3 is 5.32 Å². The molecule has 0 saturated carbocycles. The molecule has 2 heterocycles. The van der Waals surface area contributed by atoms with E-state index in [1.807, 2.05) is 5.43 Å². The maximum absolute atomic E-state index is 12.7. The number of nitrogens with one attached hydrogen (secondary N) is 3. The number of nitrogens with zero attached hydrogens (tertiary/aromatic N) is 2. The number of amides is 2. The van der Waals surface area contributed by atoms with Crippen molar-refractivity contribution in [3.05, 3.63) is 11.8 Å². The van der Waals surface area contributed by atoms with Gasteiger partial charge in [0.05, 0.1) is 0 Å². The summed E-state index contributed by atoms with van der Waals surface area (Å²) in [5.41, 5.74) is 0.710. The molecule has 2 rings (SSSR count). The molecule has 21 heavy (non-hydrogen) atoms. The van der Waals surface area contributed by atoms with Gasteiger partial charge in [0, 0.05) is 12.5 Å². The van der Waals surface area contributed by atoms with Gasteiger partial charge in [-0.3, -0.25) is 20.3 Å². The van der Waals surface area contributed by atoms with Crippen molar-refractivity contribution in [1.29, 1.82) is 0 Å². The Morgan fingerprint density at radius 2 is 2.05 bits per heavy atom. The van der Waals surface area contributed by atoms with Gasteiger partial charge in [0.15, 0.2) is 5.69 Å². The molecule has 1 fully saturated rings. The first-order chi connectivity index (χ1) is 9.79. The number of imide groups is 1. The van der Waals surface area contributed by atoms with Crippen LogP contribution >= 0.6 is 0 Å². The molecule has 114 valence electrons. The van der Waals surface area contributed by atoms with Gasteiger partial charge in [0.1, 0.15) is 11.9 Å². The van der Waals surface area contributed by atoms with Gasteiger partial charge in [-0.15, -0.1) is 0 Å². The lowest BCUT2D eigenvalue weighted by Crippen LogP contribution is -2.47. The number of piperidine rings is 1. The van der Waals surface area contributed by atoms with Crippen molar-refractivity contribution in [3.63, 3.8) is 0 Å². The second kappa shape index (κ2) is 5.52. The number of alkyl halides is 3. The highest BCUT2D eigenvalue weighted by atomic mass is 19.4. The summed E-state index contributed by atoms with van der Waals surface area (Å²) in [4.78, 5) is 29.4. The standard InChI is InChI=1S/C10H11F3N6O2/c11-10(12,13)5-3-6(17-9(16-5)19-14)15-4-1-2-7(20)18-8(4)21/h3-4H,1-2,14H2,(H,18,20,21)(H2,15,16,17,19). The molecule has 0 spiro atoms. The van der Waals surface area contributed by atoms with Crippen LogP contribution in [0.1, 0.15) is 18.5 Å². The number of carbonyl (C=O) groups excluding carboxylic acids is 2. The van der Waals surface area contributed by atoms with Crippen molar-refractivity contribution in [3.8, 4) is 0 Å². The minimum atomic E-state index is -4.68. The van der Waals surface area contributed by atoms with E-state index in [2.05, 4.69) is 20.6 Å². The number of carbonyl (C=O) groups is 2. The van der Waals surface area contributed by atoms with Crippen molar-refractivity contribution in [2.24, 2.45) is 5.84 Å². The lowest BCUT2D eigenvalue weighted by atomic mass is 10.1. The van der Waals surface area contributed by atoms with E-state index in [1.54, 1.807) is 0 Å². The molecule has 11 heteroatoms. The fourth-order valence-electron chi connectivity index (χ4n) is 1.74. The van der Waals surface area contributed by atoms with Crippen LogP contribution in [0.5, 0.6) is 0 Å². The molecule has 0 bridgehead atoms. The quantitative estimate of drug-likeness (QED) is 0.352. The molecule has 2 amide bonds. The molecule has 1 atom stereocenters. The van der Waals surface area contributed by atoms with Gasteiger partial charge in [-0.05, 0) is 6.42 Å². The van der Waals surface area contributed by atoms with E-state index in [0.29, 0.717) is 6.07 Å². The Labute approximate surface area is 116 Å². The van der Waals surface area contributed by atoms with E-state index in [-0.39, 0.29) is 18.7 Å². The van der Waals surface area contributed by atoms with Crippen LogP contribution in [0.3, 0.4) is 0 Å². The van der Waals surface area contributed by atoms with Crippen LogP contribution in [0, 0.1) is 0 Å². The Balaban J connectivity index is 2.23. The number of hydrogen-bond acceptors (Lipinski definition) is 7. The SMILES string of the molecule is NNc1nc(NC2CCC(=O)NC2=O)cc(C(F)(F)F)n1. The number of hydrazine groups is 1. The van der Waals surface area contributed by atoms with E-state index in [1.165, 1.54) is 0 Å². The van der Waals surface area contributed by atoms with Crippen LogP contribution in [0.2, 0.25) is 0 Å². The smallest absolute Gasteiger partial charge is 0.358 e. The molecular weight excluding hydrogens is 293 g/mol. The van der Waals surface area contributed by atoms with E-state index in [0.717, 1.165) is 0 Å². The Morgan fingerprint density at radius 3 is 2.62 bits per heavy atom. The fraction of sp³-hybridized carbons (Fsp3) is 0.400. The molecule has 0 aliphatic carbocycles. The first-order valence-corrected chi connectivity index (χ1v) is 5.82. The highest BCUT2D eigenvalue weighted by Gasteiger charge is 2.34. The lowest BCUT2D eigenvalue weighted by Gasteiger charge is -2.22. The summed E-state index contributed by atoms with van der Waals surface area (Å²) in [5, 5.41) is 4.60. The van der Waals surface area contributed by atoms with Crippen LogP contribution in [0.4, 0.5) is 24.9 Å². The first-order valence-electron chi connectivity index (χ1n) is 5.82. The third-order valence-corrected chi connectivity index (χ3v) is 2.71. The van der Waals surface area contributed by atoms with Crippen molar-refractivity contribution in [2.45, 2.75) is 25.1 Å². The summed E-state index contributed by atoms with van der Waals surface area (Å²) >= 11 is 0. The number of hydrogen-bond donors (Lipinski definition) is 4. The molecule has 1 unspecified atom stereocenters. The number of nitrogen functional groups attached to an aromatic ring is 1. The van der Waals surface area contributed by atoms with E-state index in [4.69, 9.17) is 5.84 Å². The molecule has 8 nitrogen and oxygen atoms in total. The van der Waals surface area contributed by atoms with E-state index < -0.39 is 35.7 Å².